The molecule has 3 N–H and O–H groups in total. The Balaban J connectivity index is 1.94. The summed E-state index contributed by atoms with van der Waals surface area (Å²) in [5.41, 5.74) is 6.93. The van der Waals surface area contributed by atoms with Gasteiger partial charge in [-0.3, -0.25) is 9.69 Å². The first-order valence-corrected chi connectivity index (χ1v) is 6.84. The fourth-order valence-electron chi connectivity index (χ4n) is 2.33. The van der Waals surface area contributed by atoms with Crippen molar-refractivity contribution in [3.05, 3.63) is 29.3 Å². The van der Waals surface area contributed by atoms with Crippen molar-refractivity contribution in [2.24, 2.45) is 5.73 Å². The molecular formula is C15H17N5O. The Morgan fingerprint density at radius 2 is 1.95 bits per heavy atom. The monoisotopic (exact) mass is 283 g/mol. The average molecular weight is 283 g/mol. The van der Waals surface area contributed by atoms with Crippen LogP contribution < -0.4 is 11.1 Å². The highest BCUT2D eigenvalue weighted by Crippen LogP contribution is 2.15. The van der Waals surface area contributed by atoms with Crippen LogP contribution in [0.2, 0.25) is 0 Å². The number of hydrogen-bond acceptors (Lipinski definition) is 5. The molecule has 1 aliphatic heterocycles. The van der Waals surface area contributed by atoms with Crippen molar-refractivity contribution in [2.75, 3.05) is 25.0 Å². The van der Waals surface area contributed by atoms with Crippen molar-refractivity contribution in [2.45, 2.75) is 18.9 Å². The molecular weight excluding hydrogens is 266 g/mol. The number of carbonyl (C=O) groups excluding carboxylic acids is 1. The summed E-state index contributed by atoms with van der Waals surface area (Å²) in [5, 5.41) is 20.6. The number of nitriles is 2. The number of anilines is 1. The molecule has 0 aromatic heterocycles. The number of carbonyl (C=O) groups is 1. The maximum Gasteiger partial charge on any atom is 0.238 e. The number of rotatable bonds is 3. The lowest BCUT2D eigenvalue weighted by atomic mass is 10.1. The van der Waals surface area contributed by atoms with E-state index in [1.165, 1.54) is 12.1 Å². The molecule has 6 nitrogen and oxygen atoms in total. The second-order valence-corrected chi connectivity index (χ2v) is 5.15. The first-order chi connectivity index (χ1) is 10.1. The molecule has 0 atom stereocenters. The molecule has 1 fully saturated rings. The van der Waals surface area contributed by atoms with E-state index in [9.17, 15) is 4.79 Å². The van der Waals surface area contributed by atoms with Crippen molar-refractivity contribution in [3.8, 4) is 12.1 Å². The Morgan fingerprint density at radius 1 is 1.29 bits per heavy atom. The molecule has 1 saturated heterocycles. The van der Waals surface area contributed by atoms with E-state index in [4.69, 9.17) is 16.3 Å². The minimum atomic E-state index is -0.126. The summed E-state index contributed by atoms with van der Waals surface area (Å²) in [4.78, 5) is 14.0. The van der Waals surface area contributed by atoms with E-state index >= 15 is 0 Å². The smallest absolute Gasteiger partial charge is 0.238 e. The molecule has 0 spiro atoms. The maximum absolute atomic E-state index is 12.0. The largest absolute Gasteiger partial charge is 0.328 e. The summed E-state index contributed by atoms with van der Waals surface area (Å²) in [7, 11) is 0. The van der Waals surface area contributed by atoms with E-state index in [0.717, 1.165) is 25.9 Å². The number of nitrogens with one attached hydrogen (secondary N) is 1. The molecule has 1 aromatic rings. The van der Waals surface area contributed by atoms with Crippen LogP contribution >= 0.6 is 0 Å². The van der Waals surface area contributed by atoms with E-state index in [1.807, 2.05) is 12.1 Å². The highest BCUT2D eigenvalue weighted by atomic mass is 16.2. The minimum absolute atomic E-state index is 0.126. The van der Waals surface area contributed by atoms with Gasteiger partial charge in [0.15, 0.2) is 0 Å². The summed E-state index contributed by atoms with van der Waals surface area (Å²) < 4.78 is 0. The summed E-state index contributed by atoms with van der Waals surface area (Å²) in [6.45, 7) is 1.96. The summed E-state index contributed by atoms with van der Waals surface area (Å²) in [5.74, 6) is -0.126. The van der Waals surface area contributed by atoms with Gasteiger partial charge in [0, 0.05) is 24.8 Å². The summed E-state index contributed by atoms with van der Waals surface area (Å²) in [6.07, 6.45) is 1.81. The third-order valence-electron chi connectivity index (χ3n) is 3.54. The van der Waals surface area contributed by atoms with Gasteiger partial charge in [-0.15, -0.1) is 0 Å². The van der Waals surface area contributed by atoms with E-state index in [-0.39, 0.29) is 17.5 Å². The Bertz CT molecular complexity index is 605. The predicted octanol–water partition coefficient (Wildman–Crippen LogP) is 0.792. The number of nitrogens with zero attached hydrogens (tertiary/aromatic N) is 3. The summed E-state index contributed by atoms with van der Waals surface area (Å²) >= 11 is 0. The summed E-state index contributed by atoms with van der Waals surface area (Å²) in [6, 6.07) is 8.81. The molecule has 108 valence electrons. The number of nitrogens with two attached hydrogens (primary N) is 1. The molecule has 2 rings (SSSR count). The van der Waals surface area contributed by atoms with E-state index in [2.05, 4.69) is 10.2 Å². The molecule has 1 aliphatic rings. The van der Waals surface area contributed by atoms with Crippen molar-refractivity contribution in [1.82, 2.24) is 4.90 Å². The van der Waals surface area contributed by atoms with Crippen molar-refractivity contribution in [1.29, 1.82) is 10.5 Å². The first-order valence-electron chi connectivity index (χ1n) is 6.84. The van der Waals surface area contributed by atoms with Gasteiger partial charge in [0.1, 0.15) is 12.1 Å². The second kappa shape index (κ2) is 6.85. The van der Waals surface area contributed by atoms with Crippen LogP contribution in [0.25, 0.3) is 0 Å². The van der Waals surface area contributed by atoms with Gasteiger partial charge in [0.05, 0.1) is 17.7 Å². The molecule has 21 heavy (non-hydrogen) atoms. The Labute approximate surface area is 123 Å². The minimum Gasteiger partial charge on any atom is -0.328 e. The van der Waals surface area contributed by atoms with Gasteiger partial charge >= 0.3 is 0 Å². The zero-order valence-electron chi connectivity index (χ0n) is 11.7. The number of hydrogen-bond donors (Lipinski definition) is 2. The second-order valence-electron chi connectivity index (χ2n) is 5.15. The molecule has 1 amide bonds. The van der Waals surface area contributed by atoms with E-state index in [0.29, 0.717) is 17.8 Å². The molecule has 0 aliphatic carbocycles. The van der Waals surface area contributed by atoms with Gasteiger partial charge in [0.25, 0.3) is 0 Å². The van der Waals surface area contributed by atoms with E-state index < -0.39 is 0 Å². The number of likely N-dealkylation sites (tertiary alicyclic amines) is 1. The van der Waals surface area contributed by atoms with Gasteiger partial charge in [-0.25, -0.2) is 0 Å². The van der Waals surface area contributed by atoms with Crippen LogP contribution in [-0.4, -0.2) is 36.5 Å². The highest BCUT2D eigenvalue weighted by molar-refractivity contribution is 5.92. The SMILES string of the molecule is N#Cc1ccc(NC(=O)CN2CCC(N)CC2)cc1C#N. The van der Waals surface area contributed by atoms with Crippen LogP contribution in [0.15, 0.2) is 18.2 Å². The molecule has 0 bridgehead atoms. The Kier molecular flexibility index (Phi) is 4.89. The fraction of sp³-hybridized carbons (Fsp3) is 0.400. The normalized spacial score (nSPS) is 16.0. The van der Waals surface area contributed by atoms with Gasteiger partial charge in [0.2, 0.25) is 5.91 Å². The maximum atomic E-state index is 12.0. The molecule has 1 heterocycles. The van der Waals surface area contributed by atoms with Gasteiger partial charge < -0.3 is 11.1 Å². The zero-order chi connectivity index (χ0) is 15.2. The number of piperidine rings is 1. The standard InChI is InChI=1S/C15H17N5O/c16-8-11-1-2-14(7-12(11)9-17)19-15(21)10-20-5-3-13(18)4-6-20/h1-2,7,13H,3-6,10,18H2,(H,19,21). The Hall–Kier alpha value is -2.41. The third kappa shape index (κ3) is 4.03. The van der Waals surface area contributed by atoms with E-state index in [1.54, 1.807) is 6.07 Å². The predicted molar refractivity (Wildman–Crippen MR) is 78.2 cm³/mol. The number of benzene rings is 1. The van der Waals surface area contributed by atoms with Crippen LogP contribution in [0.1, 0.15) is 24.0 Å². The van der Waals surface area contributed by atoms with Crippen LogP contribution in [0.4, 0.5) is 5.69 Å². The molecule has 0 radical (unpaired) electrons. The Morgan fingerprint density at radius 3 is 2.57 bits per heavy atom. The van der Waals surface area contributed by atoms with Crippen LogP contribution in [0.3, 0.4) is 0 Å². The molecule has 0 unspecified atom stereocenters. The average Bonchev–Trinajstić information content (AvgIpc) is 2.49. The van der Waals surface area contributed by atoms with Crippen LogP contribution in [0, 0.1) is 22.7 Å². The van der Waals surface area contributed by atoms with Gasteiger partial charge in [-0.2, -0.15) is 10.5 Å². The molecule has 1 aromatic carbocycles. The van der Waals surface area contributed by atoms with Gasteiger partial charge in [-0.1, -0.05) is 0 Å². The van der Waals surface area contributed by atoms with Crippen LogP contribution in [0.5, 0.6) is 0 Å². The molecule has 0 saturated carbocycles. The van der Waals surface area contributed by atoms with Crippen LogP contribution in [-0.2, 0) is 4.79 Å². The van der Waals surface area contributed by atoms with Gasteiger partial charge in [-0.05, 0) is 31.0 Å². The van der Waals surface area contributed by atoms with Crippen molar-refractivity contribution in [3.63, 3.8) is 0 Å². The van der Waals surface area contributed by atoms with Crippen molar-refractivity contribution >= 4 is 11.6 Å². The third-order valence-corrected chi connectivity index (χ3v) is 3.54. The fourth-order valence-corrected chi connectivity index (χ4v) is 2.33. The number of amides is 1. The lowest BCUT2D eigenvalue weighted by molar-refractivity contribution is -0.117. The zero-order valence-corrected chi connectivity index (χ0v) is 11.7. The quantitative estimate of drug-likeness (QED) is 0.853. The topological polar surface area (TPSA) is 106 Å². The van der Waals surface area contributed by atoms with Crippen molar-refractivity contribution < 1.29 is 4.79 Å². The lowest BCUT2D eigenvalue weighted by Crippen LogP contribution is -2.43. The highest BCUT2D eigenvalue weighted by Gasteiger charge is 2.18. The molecule has 6 heteroatoms. The first kappa shape index (κ1) is 15.0. The lowest BCUT2D eigenvalue weighted by Gasteiger charge is -2.29.